The molecule has 0 amide bonds. The zero-order chi connectivity index (χ0) is 10.6. The lowest BCUT2D eigenvalue weighted by Crippen LogP contribution is -2.00. The fraction of sp³-hybridized carbons (Fsp3) is 0.545. The van der Waals surface area contributed by atoms with Crippen LogP contribution >= 0.6 is 11.3 Å². The SMILES string of the molecule is COC(=O)CCCc1cc(C)sc1C. The third-order valence-electron chi connectivity index (χ3n) is 2.20. The Kier molecular flexibility index (Phi) is 4.14. The fourth-order valence-corrected chi connectivity index (χ4v) is 2.43. The van der Waals surface area contributed by atoms with Gasteiger partial charge in [0.05, 0.1) is 7.11 Å². The second kappa shape index (κ2) is 5.15. The van der Waals surface area contributed by atoms with Crippen molar-refractivity contribution in [2.45, 2.75) is 33.1 Å². The number of esters is 1. The minimum absolute atomic E-state index is 0.116. The maximum Gasteiger partial charge on any atom is 0.305 e. The first-order valence-corrected chi connectivity index (χ1v) is 5.58. The van der Waals surface area contributed by atoms with Crippen molar-refractivity contribution in [2.75, 3.05) is 7.11 Å². The van der Waals surface area contributed by atoms with Crippen LogP contribution in [0, 0.1) is 13.8 Å². The molecule has 0 atom stereocenters. The minimum atomic E-state index is -0.116. The van der Waals surface area contributed by atoms with Crippen LogP contribution in [0.5, 0.6) is 0 Å². The molecular weight excluding hydrogens is 196 g/mol. The van der Waals surface area contributed by atoms with E-state index in [0.29, 0.717) is 6.42 Å². The van der Waals surface area contributed by atoms with Crippen molar-refractivity contribution in [3.63, 3.8) is 0 Å². The minimum Gasteiger partial charge on any atom is -0.469 e. The van der Waals surface area contributed by atoms with E-state index in [4.69, 9.17) is 0 Å². The van der Waals surface area contributed by atoms with E-state index < -0.39 is 0 Å². The Labute approximate surface area is 88.9 Å². The van der Waals surface area contributed by atoms with E-state index in [-0.39, 0.29) is 5.97 Å². The predicted octanol–water partition coefficient (Wildman–Crippen LogP) is 2.86. The van der Waals surface area contributed by atoms with Gasteiger partial charge < -0.3 is 4.74 Å². The molecule has 0 bridgehead atoms. The molecule has 0 unspecified atom stereocenters. The summed E-state index contributed by atoms with van der Waals surface area (Å²) in [5, 5.41) is 0. The highest BCUT2D eigenvalue weighted by atomic mass is 32.1. The van der Waals surface area contributed by atoms with Crippen LogP contribution in [0.3, 0.4) is 0 Å². The number of carbonyl (C=O) groups excluding carboxylic acids is 1. The molecule has 78 valence electrons. The number of carbonyl (C=O) groups is 1. The van der Waals surface area contributed by atoms with Gasteiger partial charge in [0.25, 0.3) is 0 Å². The van der Waals surface area contributed by atoms with Gasteiger partial charge in [-0.05, 0) is 38.3 Å². The Morgan fingerprint density at radius 1 is 1.50 bits per heavy atom. The molecule has 0 N–H and O–H groups in total. The van der Waals surface area contributed by atoms with Gasteiger partial charge in [0, 0.05) is 16.2 Å². The second-order valence-corrected chi connectivity index (χ2v) is 4.83. The van der Waals surface area contributed by atoms with Crippen molar-refractivity contribution in [2.24, 2.45) is 0 Å². The van der Waals surface area contributed by atoms with Gasteiger partial charge in [-0.25, -0.2) is 0 Å². The molecule has 0 saturated heterocycles. The highest BCUT2D eigenvalue weighted by Gasteiger charge is 2.04. The molecule has 1 rings (SSSR count). The third kappa shape index (κ3) is 3.14. The molecule has 14 heavy (non-hydrogen) atoms. The van der Waals surface area contributed by atoms with Gasteiger partial charge in [0.1, 0.15) is 0 Å². The summed E-state index contributed by atoms with van der Waals surface area (Å²) in [7, 11) is 1.43. The largest absolute Gasteiger partial charge is 0.469 e. The molecule has 0 aliphatic carbocycles. The standard InChI is InChI=1S/C11H16O2S/c1-8-7-10(9(2)14-8)5-4-6-11(12)13-3/h7H,4-6H2,1-3H3. The number of ether oxygens (including phenoxy) is 1. The van der Waals surface area contributed by atoms with E-state index in [0.717, 1.165) is 12.8 Å². The van der Waals surface area contributed by atoms with Gasteiger partial charge in [-0.1, -0.05) is 0 Å². The second-order valence-electron chi connectivity index (χ2n) is 3.37. The van der Waals surface area contributed by atoms with E-state index in [9.17, 15) is 4.79 Å². The lowest BCUT2D eigenvalue weighted by Gasteiger charge is -1.99. The Balaban J connectivity index is 2.38. The first-order valence-electron chi connectivity index (χ1n) is 4.76. The van der Waals surface area contributed by atoms with E-state index >= 15 is 0 Å². The lowest BCUT2D eigenvalue weighted by molar-refractivity contribution is -0.140. The van der Waals surface area contributed by atoms with Gasteiger partial charge in [0.2, 0.25) is 0 Å². The number of hydrogen-bond donors (Lipinski definition) is 0. The molecule has 1 heterocycles. The normalized spacial score (nSPS) is 10.2. The topological polar surface area (TPSA) is 26.3 Å². The zero-order valence-electron chi connectivity index (χ0n) is 8.92. The van der Waals surface area contributed by atoms with Crippen LogP contribution in [0.1, 0.15) is 28.2 Å². The van der Waals surface area contributed by atoms with E-state index in [2.05, 4.69) is 24.7 Å². The molecule has 0 radical (unpaired) electrons. The number of rotatable bonds is 4. The summed E-state index contributed by atoms with van der Waals surface area (Å²) in [5.41, 5.74) is 1.37. The van der Waals surface area contributed by atoms with Crippen LogP contribution in [-0.2, 0) is 16.0 Å². The molecule has 3 heteroatoms. The number of thiophene rings is 1. The van der Waals surface area contributed by atoms with Gasteiger partial charge in [-0.3, -0.25) is 4.79 Å². The van der Waals surface area contributed by atoms with Gasteiger partial charge in [-0.2, -0.15) is 0 Å². The van der Waals surface area contributed by atoms with Gasteiger partial charge in [0.15, 0.2) is 0 Å². The first kappa shape index (κ1) is 11.2. The van der Waals surface area contributed by atoms with Gasteiger partial charge in [-0.15, -0.1) is 11.3 Å². The first-order chi connectivity index (χ1) is 6.63. The Bertz CT molecular complexity index is 315. The average molecular weight is 212 g/mol. The maximum absolute atomic E-state index is 10.9. The summed E-state index contributed by atoms with van der Waals surface area (Å²) in [5.74, 6) is -0.116. The van der Waals surface area contributed by atoms with Crippen LogP contribution in [0.25, 0.3) is 0 Å². The van der Waals surface area contributed by atoms with Crippen LogP contribution in [0.2, 0.25) is 0 Å². The molecule has 0 saturated carbocycles. The molecule has 2 nitrogen and oxygen atoms in total. The molecule has 1 aromatic heterocycles. The quantitative estimate of drug-likeness (QED) is 0.717. The van der Waals surface area contributed by atoms with Crippen molar-refractivity contribution >= 4 is 17.3 Å². The van der Waals surface area contributed by atoms with Crippen LogP contribution in [0.15, 0.2) is 6.07 Å². The lowest BCUT2D eigenvalue weighted by atomic mass is 10.1. The van der Waals surface area contributed by atoms with E-state index in [1.807, 2.05) is 11.3 Å². The summed E-state index contributed by atoms with van der Waals surface area (Å²) in [4.78, 5) is 13.6. The third-order valence-corrected chi connectivity index (χ3v) is 3.21. The van der Waals surface area contributed by atoms with Crippen molar-refractivity contribution in [1.82, 2.24) is 0 Å². The van der Waals surface area contributed by atoms with Crippen LogP contribution in [-0.4, -0.2) is 13.1 Å². The molecule has 0 aromatic carbocycles. The molecule has 0 spiro atoms. The Hall–Kier alpha value is -0.830. The predicted molar refractivity (Wildman–Crippen MR) is 58.7 cm³/mol. The molecular formula is C11H16O2S. The van der Waals surface area contributed by atoms with Crippen LogP contribution < -0.4 is 0 Å². The van der Waals surface area contributed by atoms with E-state index in [1.165, 1.54) is 22.4 Å². The summed E-state index contributed by atoms with van der Waals surface area (Å²) in [6, 6.07) is 2.21. The molecule has 0 fully saturated rings. The Morgan fingerprint density at radius 3 is 2.71 bits per heavy atom. The number of hydrogen-bond acceptors (Lipinski definition) is 3. The van der Waals surface area contributed by atoms with Gasteiger partial charge >= 0.3 is 5.97 Å². The molecule has 1 aromatic rings. The summed E-state index contributed by atoms with van der Waals surface area (Å²) in [6.07, 6.45) is 2.37. The highest BCUT2D eigenvalue weighted by Crippen LogP contribution is 2.22. The maximum atomic E-state index is 10.9. The van der Waals surface area contributed by atoms with E-state index in [1.54, 1.807) is 0 Å². The smallest absolute Gasteiger partial charge is 0.305 e. The average Bonchev–Trinajstić information content (AvgIpc) is 2.45. The summed E-state index contributed by atoms with van der Waals surface area (Å²) in [6.45, 7) is 4.24. The van der Waals surface area contributed by atoms with Crippen molar-refractivity contribution in [3.8, 4) is 0 Å². The van der Waals surface area contributed by atoms with Crippen LogP contribution in [0.4, 0.5) is 0 Å². The summed E-state index contributed by atoms with van der Waals surface area (Å²) < 4.78 is 4.59. The molecule has 0 aliphatic rings. The Morgan fingerprint density at radius 2 is 2.21 bits per heavy atom. The zero-order valence-corrected chi connectivity index (χ0v) is 9.74. The number of aryl methyl sites for hydroxylation is 3. The highest BCUT2D eigenvalue weighted by molar-refractivity contribution is 7.12. The monoisotopic (exact) mass is 212 g/mol. The summed E-state index contributed by atoms with van der Waals surface area (Å²) >= 11 is 1.82. The fourth-order valence-electron chi connectivity index (χ4n) is 1.46. The number of methoxy groups -OCH3 is 1. The van der Waals surface area contributed by atoms with Crippen molar-refractivity contribution in [3.05, 3.63) is 21.4 Å². The van der Waals surface area contributed by atoms with Crippen molar-refractivity contribution < 1.29 is 9.53 Å². The molecule has 0 aliphatic heterocycles. The van der Waals surface area contributed by atoms with Crippen molar-refractivity contribution in [1.29, 1.82) is 0 Å².